The minimum Gasteiger partial charge on any atom is -0.399 e. The summed E-state index contributed by atoms with van der Waals surface area (Å²) in [6.45, 7) is 7.74. The monoisotopic (exact) mass is 210 g/mol. The maximum atomic E-state index is 10.5. The van der Waals surface area contributed by atoms with Gasteiger partial charge in [-0.1, -0.05) is 33.8 Å². The third-order valence-corrected chi connectivity index (χ3v) is 1.72. The summed E-state index contributed by atoms with van der Waals surface area (Å²) in [7, 11) is 0. The molecule has 0 amide bonds. The van der Waals surface area contributed by atoms with Crippen molar-refractivity contribution >= 4 is 0 Å². The van der Waals surface area contributed by atoms with E-state index in [2.05, 4.69) is 0 Å². The zero-order valence-electron chi connectivity index (χ0n) is 9.65. The summed E-state index contributed by atoms with van der Waals surface area (Å²) in [5.41, 5.74) is 5.86. The number of rotatable bonds is 1. The van der Waals surface area contributed by atoms with Crippen LogP contribution in [0, 0.1) is 15.5 Å². The van der Waals surface area contributed by atoms with E-state index in [0.29, 0.717) is 5.70 Å². The van der Waals surface area contributed by atoms with Gasteiger partial charge in [-0.05, 0) is 6.08 Å². The summed E-state index contributed by atoms with van der Waals surface area (Å²) in [6, 6.07) is 0. The summed E-state index contributed by atoms with van der Waals surface area (Å²) in [5.74, 6) is 0. The van der Waals surface area contributed by atoms with Gasteiger partial charge in [0.25, 0.3) is 5.70 Å². The second kappa shape index (κ2) is 5.34. The van der Waals surface area contributed by atoms with Crippen LogP contribution in [0.1, 0.15) is 27.7 Å². The number of nitrogens with two attached hydrogens (primary N) is 1. The number of hydrogen-bond donors (Lipinski definition) is 1. The molecule has 4 heteroatoms. The molecule has 1 aliphatic carbocycles. The molecular weight excluding hydrogens is 192 g/mol. The molecular formula is C11H18N2O2. The van der Waals surface area contributed by atoms with E-state index in [1.165, 1.54) is 6.08 Å². The molecule has 1 aliphatic rings. The first-order valence-corrected chi connectivity index (χ1v) is 4.94. The summed E-state index contributed by atoms with van der Waals surface area (Å²) < 4.78 is 0. The van der Waals surface area contributed by atoms with Crippen LogP contribution in [0.15, 0.2) is 35.7 Å². The SMILES string of the molecule is CC.CC1(C)C=C(N)C=CC([N+](=O)[O-])=C1. The highest BCUT2D eigenvalue weighted by atomic mass is 16.6. The van der Waals surface area contributed by atoms with Crippen molar-refractivity contribution in [3.63, 3.8) is 0 Å². The van der Waals surface area contributed by atoms with E-state index in [1.807, 2.05) is 27.7 Å². The van der Waals surface area contributed by atoms with Crippen LogP contribution in [-0.4, -0.2) is 4.92 Å². The van der Waals surface area contributed by atoms with Crippen LogP contribution in [0.3, 0.4) is 0 Å². The fourth-order valence-electron chi connectivity index (χ4n) is 1.24. The molecule has 0 fully saturated rings. The van der Waals surface area contributed by atoms with Crippen molar-refractivity contribution < 1.29 is 4.92 Å². The summed E-state index contributed by atoms with van der Waals surface area (Å²) in [6.07, 6.45) is 6.34. The molecule has 0 saturated heterocycles. The normalized spacial score (nSPS) is 17.9. The Bertz CT molecular complexity index is 325. The first-order chi connectivity index (χ1) is 6.91. The first-order valence-electron chi connectivity index (χ1n) is 4.94. The third kappa shape index (κ3) is 4.44. The molecule has 0 aromatic carbocycles. The predicted molar refractivity (Wildman–Crippen MR) is 61.6 cm³/mol. The molecule has 4 nitrogen and oxygen atoms in total. The van der Waals surface area contributed by atoms with E-state index in [4.69, 9.17) is 5.73 Å². The first kappa shape index (κ1) is 13.4. The zero-order chi connectivity index (χ0) is 12.1. The molecule has 84 valence electrons. The van der Waals surface area contributed by atoms with Crippen molar-refractivity contribution in [1.29, 1.82) is 0 Å². The Hall–Kier alpha value is -1.58. The highest BCUT2D eigenvalue weighted by Crippen LogP contribution is 2.25. The van der Waals surface area contributed by atoms with E-state index >= 15 is 0 Å². The summed E-state index contributed by atoms with van der Waals surface area (Å²) >= 11 is 0. The minimum absolute atomic E-state index is 0.0849. The molecule has 0 aliphatic heterocycles. The highest BCUT2D eigenvalue weighted by molar-refractivity contribution is 5.31. The Morgan fingerprint density at radius 1 is 1.27 bits per heavy atom. The van der Waals surface area contributed by atoms with Crippen LogP contribution in [0.25, 0.3) is 0 Å². The number of nitro groups is 1. The Morgan fingerprint density at radius 3 is 2.27 bits per heavy atom. The second-order valence-corrected chi connectivity index (χ2v) is 3.63. The topological polar surface area (TPSA) is 69.2 Å². The Balaban J connectivity index is 0.000000921. The molecule has 0 radical (unpaired) electrons. The van der Waals surface area contributed by atoms with E-state index in [9.17, 15) is 10.1 Å². The van der Waals surface area contributed by atoms with E-state index in [0.717, 1.165) is 0 Å². The molecule has 0 saturated carbocycles. The molecule has 0 unspecified atom stereocenters. The van der Waals surface area contributed by atoms with Gasteiger partial charge in [0.2, 0.25) is 0 Å². The van der Waals surface area contributed by atoms with Gasteiger partial charge in [-0.3, -0.25) is 10.1 Å². The second-order valence-electron chi connectivity index (χ2n) is 3.63. The lowest BCUT2D eigenvalue weighted by atomic mass is 9.92. The molecule has 0 heterocycles. The van der Waals surface area contributed by atoms with Crippen LogP contribution in [0.2, 0.25) is 0 Å². The third-order valence-electron chi connectivity index (χ3n) is 1.72. The van der Waals surface area contributed by atoms with Crippen LogP contribution in [0.4, 0.5) is 0 Å². The average molecular weight is 210 g/mol. The van der Waals surface area contributed by atoms with Gasteiger partial charge in [-0.25, -0.2) is 0 Å². The molecule has 0 aromatic rings. The number of hydrogen-bond acceptors (Lipinski definition) is 3. The van der Waals surface area contributed by atoms with Gasteiger partial charge >= 0.3 is 0 Å². The molecule has 2 N–H and O–H groups in total. The van der Waals surface area contributed by atoms with Gasteiger partial charge in [0.1, 0.15) is 0 Å². The van der Waals surface area contributed by atoms with E-state index in [-0.39, 0.29) is 11.1 Å². The van der Waals surface area contributed by atoms with Gasteiger partial charge in [0.15, 0.2) is 0 Å². The van der Waals surface area contributed by atoms with Crippen molar-refractivity contribution in [1.82, 2.24) is 0 Å². The van der Waals surface area contributed by atoms with Crippen LogP contribution >= 0.6 is 0 Å². The number of allylic oxidation sites excluding steroid dienone is 4. The molecule has 15 heavy (non-hydrogen) atoms. The Kier molecular flexibility index (Phi) is 4.78. The van der Waals surface area contributed by atoms with Crippen molar-refractivity contribution in [3.05, 3.63) is 45.8 Å². The standard InChI is InChI=1S/C9H12N2O2.C2H6/c1-9(2)5-7(10)3-4-8(6-9)11(12)13;1-2/h3-6H,10H2,1-2H3;1-2H3. The predicted octanol–water partition coefficient (Wildman–Crippen LogP) is 2.61. The smallest absolute Gasteiger partial charge is 0.266 e. The minimum atomic E-state index is -0.412. The van der Waals surface area contributed by atoms with Gasteiger partial charge < -0.3 is 5.73 Å². The zero-order valence-corrected chi connectivity index (χ0v) is 9.65. The van der Waals surface area contributed by atoms with Crippen molar-refractivity contribution in [2.45, 2.75) is 27.7 Å². The van der Waals surface area contributed by atoms with Gasteiger partial charge in [0, 0.05) is 23.3 Å². The summed E-state index contributed by atoms with van der Waals surface area (Å²) in [5, 5.41) is 10.5. The van der Waals surface area contributed by atoms with Gasteiger partial charge in [-0.15, -0.1) is 0 Å². The molecule has 0 atom stereocenters. The Labute approximate surface area is 90.3 Å². The fourth-order valence-corrected chi connectivity index (χ4v) is 1.24. The lowest BCUT2D eigenvalue weighted by molar-refractivity contribution is -0.419. The van der Waals surface area contributed by atoms with E-state index in [1.54, 1.807) is 18.2 Å². The highest BCUT2D eigenvalue weighted by Gasteiger charge is 2.19. The largest absolute Gasteiger partial charge is 0.399 e. The molecule has 0 aromatic heterocycles. The lowest BCUT2D eigenvalue weighted by Crippen LogP contribution is -2.08. The van der Waals surface area contributed by atoms with Crippen LogP contribution in [0.5, 0.6) is 0 Å². The van der Waals surface area contributed by atoms with Crippen LogP contribution < -0.4 is 5.73 Å². The maximum Gasteiger partial charge on any atom is 0.266 e. The lowest BCUT2D eigenvalue weighted by Gasteiger charge is -2.13. The number of nitrogens with zero attached hydrogens (tertiary/aromatic N) is 1. The molecule has 0 bridgehead atoms. The van der Waals surface area contributed by atoms with Gasteiger partial charge in [-0.2, -0.15) is 0 Å². The molecule has 0 spiro atoms. The Morgan fingerprint density at radius 2 is 1.80 bits per heavy atom. The summed E-state index contributed by atoms with van der Waals surface area (Å²) in [4.78, 5) is 10.1. The molecule has 1 rings (SSSR count). The van der Waals surface area contributed by atoms with Crippen molar-refractivity contribution in [2.75, 3.05) is 0 Å². The van der Waals surface area contributed by atoms with E-state index < -0.39 is 4.92 Å². The van der Waals surface area contributed by atoms with Gasteiger partial charge in [0.05, 0.1) is 4.92 Å². The average Bonchev–Trinajstić information content (AvgIpc) is 2.26. The fraction of sp³-hybridized carbons (Fsp3) is 0.455. The van der Waals surface area contributed by atoms with Crippen molar-refractivity contribution in [3.8, 4) is 0 Å². The van der Waals surface area contributed by atoms with Crippen molar-refractivity contribution in [2.24, 2.45) is 11.1 Å². The maximum absolute atomic E-state index is 10.5. The quantitative estimate of drug-likeness (QED) is 0.534. The van der Waals surface area contributed by atoms with Crippen LogP contribution in [-0.2, 0) is 0 Å².